The maximum Gasteiger partial charge on any atom is 0.306 e. The lowest BCUT2D eigenvalue weighted by Gasteiger charge is -2.18. The van der Waals surface area contributed by atoms with Crippen molar-refractivity contribution in [2.75, 3.05) is 13.2 Å². The van der Waals surface area contributed by atoms with Crippen molar-refractivity contribution in [1.82, 2.24) is 0 Å². The van der Waals surface area contributed by atoms with E-state index in [2.05, 4.69) is 154 Å². The van der Waals surface area contributed by atoms with Gasteiger partial charge >= 0.3 is 17.9 Å². The Balaban J connectivity index is 4.57. The average molecular weight is 925 g/mol. The van der Waals surface area contributed by atoms with Crippen LogP contribution in [0.25, 0.3) is 0 Å². The number of rotatable bonds is 46. The lowest BCUT2D eigenvalue weighted by Crippen LogP contribution is -2.30. The molecule has 0 aromatic rings. The van der Waals surface area contributed by atoms with Crippen LogP contribution >= 0.6 is 0 Å². The Labute approximate surface area is 411 Å². The normalized spacial score (nSPS) is 13.2. The molecule has 6 nitrogen and oxygen atoms in total. The van der Waals surface area contributed by atoms with Gasteiger partial charge < -0.3 is 14.2 Å². The highest BCUT2D eigenvalue weighted by Gasteiger charge is 2.19. The standard InChI is InChI=1S/C61H96O6/c1-4-7-10-13-16-19-22-25-28-30-33-36-39-42-45-48-51-54-60(63)66-57-58(56-65-59(62)53-50-47-44-41-38-35-32-27-24-21-18-15-12-9-6-3)67-61(64)55-52-49-46-43-40-37-34-31-29-26-23-20-17-14-11-8-5-2/h8-9,11-12,16-21,25-29,32-34,36-38,41,58H,4-7,10,13-15,22-24,30-31,35,39-40,42-57H2,1-3H3/b11-8-,12-9-,19-16-,20-17-,21-18-,28-25-,29-26-,32-27-,36-33-,37-34-,41-38-/t58-/m1/s1. The molecule has 0 heterocycles. The molecule has 0 fully saturated rings. The summed E-state index contributed by atoms with van der Waals surface area (Å²) in [5, 5.41) is 0. The van der Waals surface area contributed by atoms with Crippen LogP contribution in [-0.2, 0) is 28.6 Å². The summed E-state index contributed by atoms with van der Waals surface area (Å²) in [6.45, 7) is 6.29. The van der Waals surface area contributed by atoms with Gasteiger partial charge in [-0.3, -0.25) is 14.4 Å². The van der Waals surface area contributed by atoms with Crippen molar-refractivity contribution in [1.29, 1.82) is 0 Å². The Morgan fingerprint density at radius 3 is 0.925 bits per heavy atom. The number of allylic oxidation sites excluding steroid dienone is 22. The maximum atomic E-state index is 12.8. The summed E-state index contributed by atoms with van der Waals surface area (Å²) in [4.78, 5) is 38.1. The predicted molar refractivity (Wildman–Crippen MR) is 288 cm³/mol. The fourth-order valence-corrected chi connectivity index (χ4v) is 6.66. The zero-order chi connectivity index (χ0) is 48.6. The van der Waals surface area contributed by atoms with E-state index >= 15 is 0 Å². The second-order valence-electron chi connectivity index (χ2n) is 17.0. The van der Waals surface area contributed by atoms with Crippen molar-refractivity contribution < 1.29 is 28.6 Å². The molecule has 67 heavy (non-hydrogen) atoms. The molecule has 0 spiro atoms. The van der Waals surface area contributed by atoms with Gasteiger partial charge in [-0.15, -0.1) is 0 Å². The van der Waals surface area contributed by atoms with E-state index in [9.17, 15) is 14.4 Å². The Kier molecular flexibility index (Phi) is 50.6. The first-order chi connectivity index (χ1) is 33.0. The van der Waals surface area contributed by atoms with E-state index < -0.39 is 6.10 Å². The molecule has 0 unspecified atom stereocenters. The van der Waals surface area contributed by atoms with Crippen LogP contribution in [0.4, 0.5) is 0 Å². The molecule has 0 saturated carbocycles. The Morgan fingerprint density at radius 1 is 0.313 bits per heavy atom. The minimum Gasteiger partial charge on any atom is -0.462 e. The van der Waals surface area contributed by atoms with Gasteiger partial charge in [-0.05, 0) is 135 Å². The first kappa shape index (κ1) is 62.5. The molecule has 0 aliphatic carbocycles. The second kappa shape index (κ2) is 54.2. The summed E-state index contributed by atoms with van der Waals surface area (Å²) >= 11 is 0. The molecule has 0 N–H and O–H groups in total. The fourth-order valence-electron chi connectivity index (χ4n) is 6.66. The number of carbonyl (C=O) groups excluding carboxylic acids is 3. The van der Waals surface area contributed by atoms with Gasteiger partial charge in [-0.2, -0.15) is 0 Å². The van der Waals surface area contributed by atoms with Crippen molar-refractivity contribution >= 4 is 17.9 Å². The number of ether oxygens (including phenoxy) is 3. The minimum atomic E-state index is -0.823. The summed E-state index contributed by atoms with van der Waals surface area (Å²) in [6, 6.07) is 0. The fraction of sp³-hybridized carbons (Fsp3) is 0.590. The number of hydrogen-bond acceptors (Lipinski definition) is 6. The highest BCUT2D eigenvalue weighted by molar-refractivity contribution is 5.71. The summed E-state index contributed by atoms with van der Waals surface area (Å²) in [6.07, 6.45) is 75.8. The van der Waals surface area contributed by atoms with Gasteiger partial charge in [0.05, 0.1) is 0 Å². The summed E-state index contributed by atoms with van der Waals surface area (Å²) in [5.41, 5.74) is 0. The molecule has 0 saturated heterocycles. The van der Waals surface area contributed by atoms with Crippen molar-refractivity contribution in [3.8, 4) is 0 Å². The largest absolute Gasteiger partial charge is 0.462 e. The molecule has 376 valence electrons. The molecule has 0 aliphatic heterocycles. The van der Waals surface area contributed by atoms with Gasteiger partial charge in [-0.25, -0.2) is 0 Å². The van der Waals surface area contributed by atoms with Crippen molar-refractivity contribution in [3.63, 3.8) is 0 Å². The molecule has 6 heteroatoms. The monoisotopic (exact) mass is 925 g/mol. The third kappa shape index (κ3) is 52.4. The van der Waals surface area contributed by atoms with Crippen molar-refractivity contribution in [2.45, 2.75) is 219 Å². The average Bonchev–Trinajstić information content (AvgIpc) is 3.33. The van der Waals surface area contributed by atoms with Crippen LogP contribution in [0.5, 0.6) is 0 Å². The third-order valence-electron chi connectivity index (χ3n) is 10.6. The minimum absolute atomic E-state index is 0.118. The van der Waals surface area contributed by atoms with E-state index in [1.165, 1.54) is 25.7 Å². The molecule has 0 aliphatic rings. The first-order valence-electron chi connectivity index (χ1n) is 26.7. The molecular weight excluding hydrogens is 829 g/mol. The number of hydrogen-bond donors (Lipinski definition) is 0. The second-order valence-corrected chi connectivity index (χ2v) is 17.0. The third-order valence-corrected chi connectivity index (χ3v) is 10.6. The van der Waals surface area contributed by atoms with E-state index in [1.807, 2.05) is 0 Å². The van der Waals surface area contributed by atoms with E-state index in [4.69, 9.17) is 14.2 Å². The van der Waals surface area contributed by atoms with Gasteiger partial charge in [0.25, 0.3) is 0 Å². The van der Waals surface area contributed by atoms with Crippen LogP contribution in [0, 0.1) is 0 Å². The highest BCUT2D eigenvalue weighted by atomic mass is 16.6. The van der Waals surface area contributed by atoms with Crippen LogP contribution < -0.4 is 0 Å². The van der Waals surface area contributed by atoms with Crippen molar-refractivity contribution in [3.05, 3.63) is 134 Å². The van der Waals surface area contributed by atoms with Crippen LogP contribution in [-0.4, -0.2) is 37.2 Å². The zero-order valence-corrected chi connectivity index (χ0v) is 42.9. The number of carbonyl (C=O) groups is 3. The Hall–Kier alpha value is -4.45. The maximum absolute atomic E-state index is 12.8. The van der Waals surface area contributed by atoms with Crippen LogP contribution in [0.1, 0.15) is 213 Å². The van der Waals surface area contributed by atoms with E-state index in [0.717, 1.165) is 141 Å². The molecule has 0 rings (SSSR count). The lowest BCUT2D eigenvalue weighted by molar-refractivity contribution is -0.167. The van der Waals surface area contributed by atoms with Crippen LogP contribution in [0.3, 0.4) is 0 Å². The van der Waals surface area contributed by atoms with Gasteiger partial charge in [0.15, 0.2) is 6.10 Å². The van der Waals surface area contributed by atoms with Gasteiger partial charge in [0.1, 0.15) is 13.2 Å². The van der Waals surface area contributed by atoms with E-state index in [1.54, 1.807) is 0 Å². The van der Waals surface area contributed by atoms with Gasteiger partial charge in [-0.1, -0.05) is 193 Å². The van der Waals surface area contributed by atoms with Gasteiger partial charge in [0.2, 0.25) is 0 Å². The van der Waals surface area contributed by atoms with Crippen molar-refractivity contribution in [2.24, 2.45) is 0 Å². The Bertz CT molecular complexity index is 1480. The number of esters is 3. The Morgan fingerprint density at radius 2 is 0.582 bits per heavy atom. The molecule has 0 bridgehead atoms. The summed E-state index contributed by atoms with van der Waals surface area (Å²) in [7, 11) is 0. The summed E-state index contributed by atoms with van der Waals surface area (Å²) in [5.74, 6) is -1.01. The lowest BCUT2D eigenvalue weighted by atomic mass is 10.1. The SMILES string of the molecule is CC/C=C\C/C=C\C/C=C\C/C=C\CCCCCCC(=O)O[C@H](COC(=O)CCCC/C=C\C/C=C\C/C=C\C/C=C\CC)COC(=O)CCCCCC/C=C\C/C=C\C/C=C\CCCCC. The van der Waals surface area contributed by atoms with Crippen LogP contribution in [0.2, 0.25) is 0 Å². The molecule has 0 aromatic carbocycles. The topological polar surface area (TPSA) is 78.9 Å². The smallest absolute Gasteiger partial charge is 0.306 e. The van der Waals surface area contributed by atoms with Gasteiger partial charge in [0, 0.05) is 19.3 Å². The molecule has 0 radical (unpaired) electrons. The first-order valence-corrected chi connectivity index (χ1v) is 26.7. The number of unbranched alkanes of at least 4 members (excludes halogenated alkanes) is 13. The molecular formula is C61H96O6. The predicted octanol–water partition coefficient (Wildman–Crippen LogP) is 17.9. The quantitative estimate of drug-likeness (QED) is 0.0262. The van der Waals surface area contributed by atoms with E-state index in [-0.39, 0.29) is 37.5 Å². The highest BCUT2D eigenvalue weighted by Crippen LogP contribution is 2.12. The molecule has 0 aromatic heterocycles. The van der Waals surface area contributed by atoms with E-state index in [0.29, 0.717) is 19.3 Å². The molecule has 0 amide bonds. The zero-order valence-electron chi connectivity index (χ0n) is 42.9. The molecule has 1 atom stereocenters. The summed E-state index contributed by atoms with van der Waals surface area (Å²) < 4.78 is 16.8. The van der Waals surface area contributed by atoms with Crippen LogP contribution in [0.15, 0.2) is 134 Å².